The topological polar surface area (TPSA) is 12.0 Å². The minimum Gasteiger partial charge on any atom is -0.382 e. The molecule has 0 saturated heterocycles. The summed E-state index contributed by atoms with van der Waals surface area (Å²) in [4.78, 5) is 0. The highest BCUT2D eigenvalue weighted by atomic mass is 35.5. The van der Waals surface area contributed by atoms with Crippen LogP contribution in [0.1, 0.15) is 40.0 Å². The lowest BCUT2D eigenvalue weighted by molar-refractivity contribution is 0.142. The van der Waals surface area contributed by atoms with Gasteiger partial charge in [0.25, 0.3) is 0 Å². The zero-order chi connectivity index (χ0) is 13.8. The number of nitrogens with one attached hydrogen (secondary N) is 1. The first-order chi connectivity index (χ1) is 8.84. The molecule has 3 atom stereocenters. The van der Waals surface area contributed by atoms with Crippen LogP contribution in [-0.2, 0) is 0 Å². The molecule has 2 bridgehead atoms. The smallest absolute Gasteiger partial charge is 0.141 e. The van der Waals surface area contributed by atoms with Crippen molar-refractivity contribution in [3.05, 3.63) is 29.0 Å². The lowest BCUT2D eigenvalue weighted by Crippen LogP contribution is -2.40. The third-order valence-corrected chi connectivity index (χ3v) is 6.34. The predicted molar refractivity (Wildman–Crippen MR) is 78.0 cm³/mol. The van der Waals surface area contributed by atoms with E-state index in [1.807, 2.05) is 0 Å². The molecule has 2 fully saturated rings. The summed E-state index contributed by atoms with van der Waals surface area (Å²) in [5, 5.41) is 3.78. The normalized spacial score (nSPS) is 35.6. The second-order valence-electron chi connectivity index (χ2n) is 6.94. The molecule has 1 nitrogen and oxygen atoms in total. The molecule has 0 aromatic heterocycles. The van der Waals surface area contributed by atoms with E-state index in [-0.39, 0.29) is 10.8 Å². The summed E-state index contributed by atoms with van der Waals surface area (Å²) >= 11 is 5.85. The van der Waals surface area contributed by atoms with Gasteiger partial charge >= 0.3 is 0 Å². The van der Waals surface area contributed by atoms with Crippen LogP contribution in [0.3, 0.4) is 0 Å². The second-order valence-corrected chi connectivity index (χ2v) is 7.34. The summed E-state index contributed by atoms with van der Waals surface area (Å²) in [5.41, 5.74) is 1.63. The van der Waals surface area contributed by atoms with Gasteiger partial charge in [0.1, 0.15) is 5.82 Å². The number of halogens is 2. The average Bonchev–Trinajstić information content (AvgIpc) is 2.67. The summed E-state index contributed by atoms with van der Waals surface area (Å²) in [5.74, 6) is 0.442. The summed E-state index contributed by atoms with van der Waals surface area (Å²) in [7, 11) is 0. The number of anilines is 1. The first-order valence-corrected chi connectivity index (χ1v) is 7.44. The van der Waals surface area contributed by atoms with Crippen molar-refractivity contribution in [2.24, 2.45) is 16.7 Å². The summed E-state index contributed by atoms with van der Waals surface area (Å²) in [6.45, 7) is 7.18. The van der Waals surface area contributed by atoms with Gasteiger partial charge in [0, 0.05) is 11.7 Å². The zero-order valence-electron chi connectivity index (χ0n) is 11.8. The van der Waals surface area contributed by atoms with Crippen molar-refractivity contribution >= 4 is 17.3 Å². The standard InChI is InChI=1S/C16H21ClFN/c1-15(2)10-6-7-16(15,3)14(8-10)19-11-4-5-13(18)12(17)9-11/h4-5,9-10,14,19H,6-8H2,1-3H3. The van der Waals surface area contributed by atoms with Crippen molar-refractivity contribution in [2.75, 3.05) is 5.32 Å². The molecule has 0 amide bonds. The molecule has 19 heavy (non-hydrogen) atoms. The van der Waals surface area contributed by atoms with Crippen LogP contribution in [0.4, 0.5) is 10.1 Å². The highest BCUT2D eigenvalue weighted by molar-refractivity contribution is 6.31. The van der Waals surface area contributed by atoms with Crippen LogP contribution >= 0.6 is 11.6 Å². The molecular weight excluding hydrogens is 261 g/mol. The van der Waals surface area contributed by atoms with Crippen LogP contribution < -0.4 is 5.32 Å². The highest BCUT2D eigenvalue weighted by Crippen LogP contribution is 2.65. The van der Waals surface area contributed by atoms with Gasteiger partial charge in [-0.1, -0.05) is 32.4 Å². The Hall–Kier alpha value is -0.760. The van der Waals surface area contributed by atoms with Gasteiger partial charge in [-0.3, -0.25) is 0 Å². The Bertz CT molecular complexity index is 513. The molecule has 0 radical (unpaired) electrons. The predicted octanol–water partition coefficient (Wildman–Crippen LogP) is 5.11. The Kier molecular flexibility index (Phi) is 2.87. The molecule has 0 spiro atoms. The molecule has 2 saturated carbocycles. The van der Waals surface area contributed by atoms with Gasteiger partial charge in [0.15, 0.2) is 0 Å². The number of hydrogen-bond acceptors (Lipinski definition) is 1. The maximum atomic E-state index is 13.2. The quantitative estimate of drug-likeness (QED) is 0.795. The van der Waals surface area contributed by atoms with Gasteiger partial charge in [-0.25, -0.2) is 4.39 Å². The van der Waals surface area contributed by atoms with Crippen molar-refractivity contribution in [1.29, 1.82) is 0 Å². The van der Waals surface area contributed by atoms with E-state index in [2.05, 4.69) is 26.1 Å². The van der Waals surface area contributed by atoms with E-state index in [1.165, 1.54) is 25.3 Å². The molecule has 1 aromatic rings. The van der Waals surface area contributed by atoms with E-state index >= 15 is 0 Å². The largest absolute Gasteiger partial charge is 0.382 e. The fourth-order valence-electron chi connectivity index (χ4n) is 4.21. The molecule has 104 valence electrons. The molecule has 3 unspecified atom stereocenters. The van der Waals surface area contributed by atoms with Gasteiger partial charge in [0.2, 0.25) is 0 Å². The number of rotatable bonds is 2. The van der Waals surface area contributed by atoms with Crippen LogP contribution in [-0.4, -0.2) is 6.04 Å². The lowest BCUT2D eigenvalue weighted by atomic mass is 9.69. The SMILES string of the molecule is CC1(C)C2CCC1(C)C(Nc1ccc(F)c(Cl)c1)C2. The number of fused-ring (bicyclic) bond motifs is 2. The number of benzene rings is 1. The van der Waals surface area contributed by atoms with Gasteiger partial charge in [-0.15, -0.1) is 0 Å². The molecular formula is C16H21ClFN. The fraction of sp³-hybridized carbons (Fsp3) is 0.625. The average molecular weight is 282 g/mol. The third-order valence-electron chi connectivity index (χ3n) is 6.05. The van der Waals surface area contributed by atoms with Gasteiger partial charge in [-0.05, 0) is 54.2 Å². The minimum absolute atomic E-state index is 0.192. The Labute approximate surface area is 119 Å². The highest BCUT2D eigenvalue weighted by Gasteiger charge is 2.61. The zero-order valence-corrected chi connectivity index (χ0v) is 12.5. The summed E-state index contributed by atoms with van der Waals surface area (Å²) in [6.07, 6.45) is 3.82. The van der Waals surface area contributed by atoms with E-state index < -0.39 is 0 Å². The van der Waals surface area contributed by atoms with Crippen LogP contribution in [0.15, 0.2) is 18.2 Å². The molecule has 3 heteroatoms. The van der Waals surface area contributed by atoms with E-state index in [4.69, 9.17) is 11.6 Å². The first kappa shape index (κ1) is 13.2. The Morgan fingerprint density at radius 3 is 2.58 bits per heavy atom. The Morgan fingerprint density at radius 2 is 2.05 bits per heavy atom. The molecule has 2 aliphatic carbocycles. The molecule has 1 N–H and O–H groups in total. The van der Waals surface area contributed by atoms with E-state index in [9.17, 15) is 4.39 Å². The molecule has 2 aliphatic rings. The van der Waals surface area contributed by atoms with Crippen LogP contribution in [0.5, 0.6) is 0 Å². The fourth-order valence-corrected chi connectivity index (χ4v) is 4.39. The molecule has 0 heterocycles. The van der Waals surface area contributed by atoms with E-state index in [0.29, 0.717) is 16.9 Å². The van der Waals surface area contributed by atoms with Crippen molar-refractivity contribution in [3.8, 4) is 0 Å². The Morgan fingerprint density at radius 1 is 1.32 bits per heavy atom. The summed E-state index contributed by atoms with van der Waals surface area (Å²) in [6, 6.07) is 5.37. The van der Waals surface area contributed by atoms with Crippen molar-refractivity contribution in [3.63, 3.8) is 0 Å². The van der Waals surface area contributed by atoms with Crippen LogP contribution in [0.25, 0.3) is 0 Å². The summed E-state index contributed by atoms with van der Waals surface area (Å²) < 4.78 is 13.2. The van der Waals surface area contributed by atoms with Crippen LogP contribution in [0.2, 0.25) is 5.02 Å². The van der Waals surface area contributed by atoms with E-state index in [1.54, 1.807) is 12.1 Å². The lowest BCUT2D eigenvalue weighted by Gasteiger charge is -2.40. The van der Waals surface area contributed by atoms with Crippen molar-refractivity contribution in [1.82, 2.24) is 0 Å². The molecule has 1 aromatic carbocycles. The van der Waals surface area contributed by atoms with Gasteiger partial charge in [0.05, 0.1) is 5.02 Å². The second kappa shape index (κ2) is 4.12. The number of hydrogen-bond donors (Lipinski definition) is 1. The van der Waals surface area contributed by atoms with E-state index in [0.717, 1.165) is 11.6 Å². The van der Waals surface area contributed by atoms with Crippen LogP contribution in [0, 0.1) is 22.6 Å². The third kappa shape index (κ3) is 1.79. The minimum atomic E-state index is -0.355. The first-order valence-electron chi connectivity index (χ1n) is 7.06. The maximum absolute atomic E-state index is 13.2. The maximum Gasteiger partial charge on any atom is 0.141 e. The molecule has 3 rings (SSSR count). The van der Waals surface area contributed by atoms with Gasteiger partial charge in [-0.2, -0.15) is 0 Å². The monoisotopic (exact) mass is 281 g/mol. The Balaban J connectivity index is 1.84. The van der Waals surface area contributed by atoms with Crippen molar-refractivity contribution in [2.45, 2.75) is 46.1 Å². The van der Waals surface area contributed by atoms with Crippen molar-refractivity contribution < 1.29 is 4.39 Å². The van der Waals surface area contributed by atoms with Gasteiger partial charge < -0.3 is 5.32 Å². The molecule has 0 aliphatic heterocycles.